The molecule has 2 N–H and O–H groups in total. The summed E-state index contributed by atoms with van der Waals surface area (Å²) in [6, 6.07) is 13.5. The predicted octanol–water partition coefficient (Wildman–Crippen LogP) is 3.68. The molecular weight excluding hydrogens is 329 g/mol. The molecule has 7 nitrogen and oxygen atoms in total. The Bertz CT molecular complexity index is 876. The third-order valence-electron chi connectivity index (χ3n) is 3.60. The van der Waals surface area contributed by atoms with Crippen LogP contribution >= 0.6 is 8.18 Å². The molecule has 2 aromatic carbocycles. The molecule has 3 aromatic rings. The van der Waals surface area contributed by atoms with Gasteiger partial charge in [0, 0.05) is 35.8 Å². The molecule has 1 aromatic heterocycles. The number of nitrogens with zero attached hydrogens (tertiary/aromatic N) is 1. The van der Waals surface area contributed by atoms with Crippen molar-refractivity contribution in [2.45, 2.75) is 6.42 Å². The highest BCUT2D eigenvalue weighted by atomic mass is 31.1. The fourth-order valence-electron chi connectivity index (χ4n) is 2.42. The zero-order valence-corrected chi connectivity index (χ0v) is 13.7. The first-order chi connectivity index (χ1) is 11.6. The van der Waals surface area contributed by atoms with Gasteiger partial charge in [-0.25, -0.2) is 5.09 Å². The van der Waals surface area contributed by atoms with Crippen molar-refractivity contribution in [2.75, 3.05) is 6.54 Å². The maximum Gasteiger partial charge on any atom is 0.305 e. The van der Waals surface area contributed by atoms with E-state index in [0.717, 1.165) is 16.5 Å². The summed E-state index contributed by atoms with van der Waals surface area (Å²) in [6.45, 7) is 0.507. The lowest BCUT2D eigenvalue weighted by Crippen LogP contribution is -2.10. The maximum atomic E-state index is 11.9. The number of hydrogen-bond acceptors (Lipinski definition) is 4. The topological polar surface area (TPSA) is 97.3 Å². The Morgan fingerprint density at radius 2 is 1.92 bits per heavy atom. The smallest absolute Gasteiger partial charge is 0.305 e. The molecule has 0 aliphatic heterocycles. The molecular formula is C16H16N3O4P. The quantitative estimate of drug-likeness (QED) is 0.387. The molecule has 24 heavy (non-hydrogen) atoms. The highest BCUT2D eigenvalue weighted by Crippen LogP contribution is 2.25. The fourth-order valence-corrected chi connectivity index (χ4v) is 3.17. The first-order valence-corrected chi connectivity index (χ1v) is 8.70. The summed E-state index contributed by atoms with van der Waals surface area (Å²) < 4.78 is 17.2. The van der Waals surface area contributed by atoms with E-state index in [1.165, 1.54) is 24.3 Å². The summed E-state index contributed by atoms with van der Waals surface area (Å²) in [6.07, 6.45) is 2.66. The van der Waals surface area contributed by atoms with Crippen LogP contribution in [-0.4, -0.2) is 16.5 Å². The monoisotopic (exact) mass is 345 g/mol. The predicted molar refractivity (Wildman–Crippen MR) is 92.7 cm³/mol. The van der Waals surface area contributed by atoms with Crippen LogP contribution in [0.2, 0.25) is 0 Å². The van der Waals surface area contributed by atoms with Crippen LogP contribution in [0.1, 0.15) is 5.56 Å². The molecule has 0 aliphatic rings. The standard InChI is InChI=1S/C16H16N3O4P/c20-19(21)13-5-7-14(8-6-13)23-24(22)18-10-9-12-11-17-16-4-2-1-3-15(12)16/h1-8,11,17,24H,9-10H2,(H,18,22). The lowest BCUT2D eigenvalue weighted by Gasteiger charge is -2.07. The highest BCUT2D eigenvalue weighted by Gasteiger charge is 2.07. The van der Waals surface area contributed by atoms with Crippen LogP contribution in [-0.2, 0) is 11.0 Å². The number of aromatic amines is 1. The van der Waals surface area contributed by atoms with Crippen molar-refractivity contribution in [1.29, 1.82) is 0 Å². The minimum absolute atomic E-state index is 0.0330. The van der Waals surface area contributed by atoms with Gasteiger partial charge in [0.15, 0.2) is 0 Å². The van der Waals surface area contributed by atoms with Gasteiger partial charge < -0.3 is 9.51 Å². The zero-order valence-electron chi connectivity index (χ0n) is 12.7. The largest absolute Gasteiger partial charge is 0.434 e. The number of H-pyrrole nitrogens is 1. The summed E-state index contributed by atoms with van der Waals surface area (Å²) in [5.74, 6) is 0.337. The van der Waals surface area contributed by atoms with Crippen molar-refractivity contribution in [1.82, 2.24) is 10.1 Å². The molecule has 1 atom stereocenters. The van der Waals surface area contributed by atoms with Crippen LogP contribution in [0.4, 0.5) is 5.69 Å². The first kappa shape index (κ1) is 16.2. The lowest BCUT2D eigenvalue weighted by atomic mass is 10.1. The van der Waals surface area contributed by atoms with Gasteiger partial charge in [-0.15, -0.1) is 0 Å². The van der Waals surface area contributed by atoms with Crippen LogP contribution in [0, 0.1) is 10.1 Å². The van der Waals surface area contributed by atoms with E-state index in [4.69, 9.17) is 4.52 Å². The van der Waals surface area contributed by atoms with Gasteiger partial charge in [0.2, 0.25) is 0 Å². The summed E-state index contributed by atoms with van der Waals surface area (Å²) in [5, 5.41) is 14.6. The molecule has 0 saturated heterocycles. The van der Waals surface area contributed by atoms with E-state index in [2.05, 4.69) is 10.1 Å². The van der Waals surface area contributed by atoms with Crippen molar-refractivity contribution >= 4 is 24.8 Å². The van der Waals surface area contributed by atoms with Crippen LogP contribution in [0.5, 0.6) is 5.75 Å². The van der Waals surface area contributed by atoms with Crippen LogP contribution in [0.3, 0.4) is 0 Å². The number of non-ortho nitro benzene ring substituents is 1. The van der Waals surface area contributed by atoms with Crippen molar-refractivity contribution in [3.63, 3.8) is 0 Å². The van der Waals surface area contributed by atoms with E-state index >= 15 is 0 Å². The maximum absolute atomic E-state index is 11.9. The van der Waals surface area contributed by atoms with E-state index in [1.54, 1.807) is 0 Å². The van der Waals surface area contributed by atoms with E-state index in [1.807, 2.05) is 30.5 Å². The molecule has 0 amide bonds. The van der Waals surface area contributed by atoms with E-state index in [-0.39, 0.29) is 5.69 Å². The van der Waals surface area contributed by atoms with Crippen molar-refractivity contribution in [3.8, 4) is 5.75 Å². The fraction of sp³-hybridized carbons (Fsp3) is 0.125. The number of rotatable bonds is 7. The summed E-state index contributed by atoms with van der Waals surface area (Å²) >= 11 is 0. The Balaban J connectivity index is 1.51. The SMILES string of the molecule is O=[N+]([O-])c1ccc(O[PH](=O)NCCc2c[nH]c3ccccc23)cc1. The average molecular weight is 345 g/mol. The second kappa shape index (κ2) is 7.29. The Hall–Kier alpha value is -2.63. The molecule has 8 heteroatoms. The van der Waals surface area contributed by atoms with Gasteiger partial charge in [0.1, 0.15) is 5.75 Å². The molecule has 3 rings (SSSR count). The zero-order chi connectivity index (χ0) is 16.9. The number of para-hydroxylation sites is 1. The van der Waals surface area contributed by atoms with Gasteiger partial charge in [-0.2, -0.15) is 0 Å². The summed E-state index contributed by atoms with van der Waals surface area (Å²) in [4.78, 5) is 13.3. The van der Waals surface area contributed by atoms with Crippen molar-refractivity contribution < 1.29 is 14.0 Å². The number of aromatic nitrogens is 1. The Kier molecular flexibility index (Phi) is 4.93. The van der Waals surface area contributed by atoms with Crippen molar-refractivity contribution in [2.24, 2.45) is 0 Å². The number of nitro groups is 1. The van der Waals surface area contributed by atoms with Gasteiger partial charge >= 0.3 is 8.18 Å². The minimum atomic E-state index is -2.46. The molecule has 0 spiro atoms. The van der Waals surface area contributed by atoms with E-state index < -0.39 is 13.1 Å². The summed E-state index contributed by atoms with van der Waals surface area (Å²) in [5.41, 5.74) is 2.18. The van der Waals surface area contributed by atoms with Gasteiger partial charge in [-0.05, 0) is 30.2 Å². The van der Waals surface area contributed by atoms with Gasteiger partial charge in [-0.1, -0.05) is 18.2 Å². The molecule has 1 heterocycles. The average Bonchev–Trinajstić information content (AvgIpc) is 2.99. The Morgan fingerprint density at radius 1 is 1.17 bits per heavy atom. The van der Waals surface area contributed by atoms with Gasteiger partial charge in [0.05, 0.1) is 4.92 Å². The van der Waals surface area contributed by atoms with Gasteiger partial charge in [-0.3, -0.25) is 14.7 Å². The second-order valence-electron chi connectivity index (χ2n) is 5.18. The van der Waals surface area contributed by atoms with Crippen molar-refractivity contribution in [3.05, 3.63) is 70.4 Å². The number of hydrogen-bond donors (Lipinski definition) is 2. The Labute approximate surface area is 138 Å². The molecule has 0 fully saturated rings. The second-order valence-corrected chi connectivity index (χ2v) is 6.31. The molecule has 1 unspecified atom stereocenters. The Morgan fingerprint density at radius 3 is 2.67 bits per heavy atom. The molecule has 0 bridgehead atoms. The van der Waals surface area contributed by atoms with E-state index in [9.17, 15) is 14.7 Å². The van der Waals surface area contributed by atoms with Gasteiger partial charge in [0.25, 0.3) is 5.69 Å². The number of nitro benzene ring substituents is 1. The molecule has 124 valence electrons. The third-order valence-corrected chi connectivity index (χ3v) is 4.56. The lowest BCUT2D eigenvalue weighted by molar-refractivity contribution is -0.384. The van der Waals surface area contributed by atoms with E-state index in [0.29, 0.717) is 18.7 Å². The number of fused-ring (bicyclic) bond motifs is 1. The molecule has 0 aliphatic carbocycles. The normalized spacial score (nSPS) is 12.2. The third kappa shape index (κ3) is 3.82. The summed E-state index contributed by atoms with van der Waals surface area (Å²) in [7, 11) is -2.46. The number of nitrogens with one attached hydrogen (secondary N) is 2. The van der Waals surface area contributed by atoms with Crippen LogP contribution < -0.4 is 9.61 Å². The molecule has 0 radical (unpaired) electrons. The van der Waals surface area contributed by atoms with Crippen LogP contribution in [0.15, 0.2) is 54.7 Å². The minimum Gasteiger partial charge on any atom is -0.434 e. The highest BCUT2D eigenvalue weighted by molar-refractivity contribution is 7.37. The van der Waals surface area contributed by atoms with Crippen LogP contribution in [0.25, 0.3) is 10.9 Å². The number of benzene rings is 2. The first-order valence-electron chi connectivity index (χ1n) is 7.38. The molecule has 0 saturated carbocycles.